The Balaban J connectivity index is 4.15. The molecule has 0 amide bonds. The van der Waals surface area contributed by atoms with Gasteiger partial charge in [-0.3, -0.25) is 18.0 Å². The van der Waals surface area contributed by atoms with E-state index in [4.69, 9.17) is 9.47 Å². The zero-order valence-electron chi connectivity index (χ0n) is 15.3. The SMILES string of the molecule is CCOS(=O)(=O)C(C)OC(=O)CCCCC(=O)OC(C)S(=O)(=O)OCC. The largest absolute Gasteiger partial charge is 0.444 e. The van der Waals surface area contributed by atoms with Crippen molar-refractivity contribution in [1.82, 2.24) is 0 Å². The summed E-state index contributed by atoms with van der Waals surface area (Å²) in [6.45, 7) is 5.21. The number of carbonyl (C=O) groups is 2. The van der Waals surface area contributed by atoms with Gasteiger partial charge in [0.1, 0.15) is 0 Å². The Bertz CT molecular complexity index is 595. The van der Waals surface area contributed by atoms with E-state index >= 15 is 0 Å². The van der Waals surface area contributed by atoms with Gasteiger partial charge >= 0.3 is 32.2 Å². The second-order valence-corrected chi connectivity index (χ2v) is 8.89. The molecule has 0 aliphatic carbocycles. The van der Waals surface area contributed by atoms with E-state index in [0.717, 1.165) is 0 Å². The molecule has 26 heavy (non-hydrogen) atoms. The van der Waals surface area contributed by atoms with Crippen molar-refractivity contribution in [2.75, 3.05) is 13.2 Å². The Morgan fingerprint density at radius 1 is 0.731 bits per heavy atom. The molecule has 12 heteroatoms. The van der Waals surface area contributed by atoms with Gasteiger partial charge in [0.25, 0.3) is 0 Å². The van der Waals surface area contributed by atoms with Gasteiger partial charge in [-0.15, -0.1) is 0 Å². The first-order chi connectivity index (χ1) is 12.0. The van der Waals surface area contributed by atoms with E-state index in [1.807, 2.05) is 0 Å². The molecule has 0 saturated heterocycles. The van der Waals surface area contributed by atoms with Gasteiger partial charge in [-0.25, -0.2) is 0 Å². The van der Waals surface area contributed by atoms with E-state index in [1.54, 1.807) is 0 Å². The lowest BCUT2D eigenvalue weighted by Gasteiger charge is -2.14. The van der Waals surface area contributed by atoms with Gasteiger partial charge in [-0.2, -0.15) is 16.8 Å². The van der Waals surface area contributed by atoms with E-state index in [0.29, 0.717) is 0 Å². The molecule has 10 nitrogen and oxygen atoms in total. The maximum absolute atomic E-state index is 11.6. The standard InChI is InChI=1S/C14H26O10S2/c1-5-21-25(17,18)11(3)23-13(15)9-7-8-10-14(16)24-12(4)26(19,20)22-6-2/h11-12H,5-10H2,1-4H3. The number of hydrogen-bond donors (Lipinski definition) is 0. The van der Waals surface area contributed by atoms with Crippen LogP contribution in [0.5, 0.6) is 0 Å². The van der Waals surface area contributed by atoms with Gasteiger partial charge in [-0.1, -0.05) is 0 Å². The van der Waals surface area contributed by atoms with E-state index in [9.17, 15) is 26.4 Å². The van der Waals surface area contributed by atoms with Crippen LogP contribution in [0.15, 0.2) is 0 Å². The maximum atomic E-state index is 11.6. The highest BCUT2D eigenvalue weighted by Gasteiger charge is 2.26. The average molecular weight is 418 g/mol. The maximum Gasteiger partial charge on any atom is 0.307 e. The van der Waals surface area contributed by atoms with Crippen LogP contribution in [0, 0.1) is 0 Å². The molecule has 0 saturated carbocycles. The predicted molar refractivity (Wildman–Crippen MR) is 90.7 cm³/mol. The number of rotatable bonds is 13. The molecule has 0 aliphatic rings. The minimum absolute atomic E-state index is 0.0657. The monoisotopic (exact) mass is 418 g/mol. The Labute approximate surface area is 154 Å². The Morgan fingerprint density at radius 2 is 1.04 bits per heavy atom. The molecule has 0 aromatic rings. The molecule has 0 fully saturated rings. The average Bonchev–Trinajstić information content (AvgIpc) is 2.51. The highest BCUT2D eigenvalue weighted by atomic mass is 32.2. The summed E-state index contributed by atoms with van der Waals surface area (Å²) in [5.41, 5.74) is -2.85. The minimum atomic E-state index is -3.97. The van der Waals surface area contributed by atoms with E-state index in [-0.39, 0.29) is 38.9 Å². The number of carbonyl (C=O) groups excluding carboxylic acids is 2. The molecule has 2 unspecified atom stereocenters. The molecular weight excluding hydrogens is 392 g/mol. The van der Waals surface area contributed by atoms with Gasteiger partial charge in [0, 0.05) is 12.8 Å². The molecule has 2 atom stereocenters. The van der Waals surface area contributed by atoms with Crippen molar-refractivity contribution in [2.45, 2.75) is 64.3 Å². The summed E-state index contributed by atoms with van der Waals surface area (Å²) in [4.78, 5) is 23.2. The second kappa shape index (κ2) is 11.5. The van der Waals surface area contributed by atoms with E-state index in [1.165, 1.54) is 27.7 Å². The topological polar surface area (TPSA) is 139 Å². The lowest BCUT2D eigenvalue weighted by molar-refractivity contribution is -0.147. The van der Waals surface area contributed by atoms with Gasteiger partial charge in [0.2, 0.25) is 10.9 Å². The van der Waals surface area contributed by atoms with Gasteiger partial charge in [-0.05, 0) is 40.5 Å². The quantitative estimate of drug-likeness (QED) is 0.242. The van der Waals surface area contributed by atoms with E-state index in [2.05, 4.69) is 8.37 Å². The van der Waals surface area contributed by atoms with Crippen molar-refractivity contribution in [3.63, 3.8) is 0 Å². The van der Waals surface area contributed by atoms with Crippen molar-refractivity contribution in [3.8, 4) is 0 Å². The van der Waals surface area contributed by atoms with Crippen LogP contribution in [0.1, 0.15) is 53.4 Å². The van der Waals surface area contributed by atoms with Crippen molar-refractivity contribution in [2.24, 2.45) is 0 Å². The first kappa shape index (κ1) is 24.8. The number of unbranched alkanes of at least 4 members (excludes halogenated alkanes) is 1. The Kier molecular flexibility index (Phi) is 10.9. The summed E-state index contributed by atoms with van der Waals surface area (Å²) < 4.78 is 64.5. The molecule has 0 radical (unpaired) electrons. The van der Waals surface area contributed by atoms with Crippen LogP contribution >= 0.6 is 0 Å². The summed E-state index contributed by atoms with van der Waals surface area (Å²) in [6.07, 6.45) is 0.266. The molecule has 0 aromatic carbocycles. The first-order valence-electron chi connectivity index (χ1n) is 8.11. The highest BCUT2D eigenvalue weighted by Crippen LogP contribution is 2.11. The fourth-order valence-corrected chi connectivity index (χ4v) is 3.16. The van der Waals surface area contributed by atoms with Crippen molar-refractivity contribution in [1.29, 1.82) is 0 Å². The van der Waals surface area contributed by atoms with Crippen molar-refractivity contribution in [3.05, 3.63) is 0 Å². The Morgan fingerprint density at radius 3 is 1.31 bits per heavy atom. The van der Waals surface area contributed by atoms with Crippen LogP contribution in [-0.2, 0) is 47.7 Å². The molecule has 154 valence electrons. The fraction of sp³-hybridized carbons (Fsp3) is 0.857. The van der Waals surface area contributed by atoms with Gasteiger partial charge in [0.05, 0.1) is 13.2 Å². The molecule has 0 spiro atoms. The lowest BCUT2D eigenvalue weighted by atomic mass is 10.2. The van der Waals surface area contributed by atoms with Crippen LogP contribution in [0.25, 0.3) is 0 Å². The van der Waals surface area contributed by atoms with Gasteiger partial charge < -0.3 is 9.47 Å². The molecule has 0 aromatic heterocycles. The van der Waals surface area contributed by atoms with Crippen LogP contribution in [0.3, 0.4) is 0 Å². The third-order valence-electron chi connectivity index (χ3n) is 2.98. The number of hydrogen-bond acceptors (Lipinski definition) is 10. The molecule has 0 bridgehead atoms. The zero-order valence-corrected chi connectivity index (χ0v) is 16.9. The van der Waals surface area contributed by atoms with Crippen molar-refractivity contribution < 1.29 is 44.3 Å². The highest BCUT2D eigenvalue weighted by molar-refractivity contribution is 7.87. The lowest BCUT2D eigenvalue weighted by Crippen LogP contribution is -2.26. The third kappa shape index (κ3) is 9.46. The molecule has 0 rings (SSSR count). The molecule has 0 heterocycles. The number of ether oxygens (including phenoxy) is 2. The third-order valence-corrected chi connectivity index (χ3v) is 5.93. The van der Waals surface area contributed by atoms with Crippen LogP contribution in [0.4, 0.5) is 0 Å². The summed E-state index contributed by atoms with van der Waals surface area (Å²) >= 11 is 0. The Hall–Kier alpha value is -1.24. The van der Waals surface area contributed by atoms with Crippen LogP contribution in [-0.4, -0.2) is 52.9 Å². The first-order valence-corrected chi connectivity index (χ1v) is 11.1. The smallest absolute Gasteiger partial charge is 0.307 e. The summed E-state index contributed by atoms with van der Waals surface area (Å²) in [7, 11) is -7.94. The summed E-state index contributed by atoms with van der Waals surface area (Å²) in [5, 5.41) is 0. The number of esters is 2. The predicted octanol–water partition coefficient (Wildman–Crippen LogP) is 1.06. The summed E-state index contributed by atoms with van der Waals surface area (Å²) in [5.74, 6) is -1.50. The van der Waals surface area contributed by atoms with Gasteiger partial charge in [0.15, 0.2) is 0 Å². The van der Waals surface area contributed by atoms with Crippen LogP contribution < -0.4 is 0 Å². The molecule has 0 aliphatic heterocycles. The van der Waals surface area contributed by atoms with Crippen molar-refractivity contribution >= 4 is 32.2 Å². The second-order valence-electron chi connectivity index (χ2n) is 5.12. The van der Waals surface area contributed by atoms with Crippen LogP contribution in [0.2, 0.25) is 0 Å². The molecular formula is C14H26O10S2. The fourth-order valence-electron chi connectivity index (χ4n) is 1.66. The molecule has 0 N–H and O–H groups in total. The summed E-state index contributed by atoms with van der Waals surface area (Å²) in [6, 6.07) is 0. The zero-order chi connectivity index (χ0) is 20.4. The van der Waals surface area contributed by atoms with E-state index < -0.39 is 43.0 Å². The minimum Gasteiger partial charge on any atom is -0.444 e. The normalized spacial score (nSPS) is 14.5.